The summed E-state index contributed by atoms with van der Waals surface area (Å²) < 4.78 is 2.26. The number of aromatic nitrogens is 6. The van der Waals surface area contributed by atoms with Crippen LogP contribution in [0.1, 0.15) is 30.3 Å². The molecule has 0 atom stereocenters. The molecule has 5 rings (SSSR count). The van der Waals surface area contributed by atoms with Crippen LogP contribution in [0.15, 0.2) is 72.7 Å². The predicted octanol–water partition coefficient (Wildman–Crippen LogP) is 5.17. The Morgan fingerprint density at radius 2 is 1.82 bits per heavy atom. The highest BCUT2D eigenvalue weighted by molar-refractivity contribution is 5.84. The van der Waals surface area contributed by atoms with Gasteiger partial charge in [-0.25, -0.2) is 10.1 Å². The standard InChI is InChI=1S/C32H38N10O2/c1-6-9-29-34-31-22(2)18-25(33-30(21-42(43)44)40(5)17-16-39(3)4)19-28(31)41(29)20-23-12-14-24(15-13-23)26-10-7-8-11-27(26)32-35-37-38-36-32/h7-8,10-15,18-19,21,33H,6,9,16-17,20H2,1-5H3,(H,35,36,37,38). The molecule has 0 radical (unpaired) electrons. The van der Waals surface area contributed by atoms with Crippen molar-refractivity contribution in [3.8, 4) is 22.5 Å². The Morgan fingerprint density at radius 3 is 2.48 bits per heavy atom. The molecule has 12 nitrogen and oxygen atoms in total. The summed E-state index contributed by atoms with van der Waals surface area (Å²) in [5, 5.41) is 29.2. The van der Waals surface area contributed by atoms with Crippen LogP contribution in [0.2, 0.25) is 0 Å². The second kappa shape index (κ2) is 13.5. The summed E-state index contributed by atoms with van der Waals surface area (Å²) in [5.41, 5.74) is 7.88. The van der Waals surface area contributed by atoms with Crippen molar-refractivity contribution in [2.75, 3.05) is 39.5 Å². The number of fused-ring (bicyclic) bond motifs is 1. The number of tetrazole rings is 1. The minimum absolute atomic E-state index is 0.423. The van der Waals surface area contributed by atoms with Gasteiger partial charge >= 0.3 is 0 Å². The molecule has 2 heterocycles. The van der Waals surface area contributed by atoms with Gasteiger partial charge < -0.3 is 19.7 Å². The molecule has 3 aromatic carbocycles. The van der Waals surface area contributed by atoms with Crippen molar-refractivity contribution >= 4 is 16.7 Å². The van der Waals surface area contributed by atoms with E-state index in [0.29, 0.717) is 24.7 Å². The lowest BCUT2D eigenvalue weighted by molar-refractivity contribution is -0.404. The molecule has 0 spiro atoms. The molecule has 0 aliphatic carbocycles. The molecule has 2 N–H and O–H groups in total. The molecular weight excluding hydrogens is 556 g/mol. The number of hydrogen-bond acceptors (Lipinski definition) is 9. The van der Waals surface area contributed by atoms with E-state index >= 15 is 0 Å². The quantitative estimate of drug-likeness (QED) is 0.140. The number of rotatable bonds is 13. The number of likely N-dealkylation sites (N-methyl/N-ethyl adjacent to an activating group) is 2. The van der Waals surface area contributed by atoms with E-state index in [1.54, 1.807) is 0 Å². The van der Waals surface area contributed by atoms with E-state index in [9.17, 15) is 10.1 Å². The molecular formula is C32H38N10O2. The predicted molar refractivity (Wildman–Crippen MR) is 173 cm³/mol. The summed E-state index contributed by atoms with van der Waals surface area (Å²) in [7, 11) is 5.81. The first-order valence-electron chi connectivity index (χ1n) is 14.6. The minimum Gasteiger partial charge on any atom is -0.355 e. The third-order valence-electron chi connectivity index (χ3n) is 7.52. The van der Waals surface area contributed by atoms with E-state index in [1.165, 1.54) is 0 Å². The van der Waals surface area contributed by atoms with Gasteiger partial charge in [-0.15, -0.1) is 5.10 Å². The Bertz CT molecular complexity index is 1760. The van der Waals surface area contributed by atoms with Crippen molar-refractivity contribution in [1.82, 2.24) is 40.0 Å². The zero-order chi connectivity index (χ0) is 31.2. The zero-order valence-corrected chi connectivity index (χ0v) is 25.8. The molecule has 228 valence electrons. The Kier molecular flexibility index (Phi) is 9.29. The summed E-state index contributed by atoms with van der Waals surface area (Å²) in [6.45, 7) is 6.22. The number of nitrogens with one attached hydrogen (secondary N) is 2. The minimum atomic E-state index is -0.423. The number of aryl methyl sites for hydroxylation is 2. The van der Waals surface area contributed by atoms with Gasteiger partial charge in [0.2, 0.25) is 0 Å². The fraction of sp³-hybridized carbons (Fsp3) is 0.312. The zero-order valence-electron chi connectivity index (χ0n) is 25.8. The largest absolute Gasteiger partial charge is 0.355 e. The highest BCUT2D eigenvalue weighted by Gasteiger charge is 2.17. The molecule has 2 aromatic heterocycles. The van der Waals surface area contributed by atoms with E-state index in [4.69, 9.17) is 4.98 Å². The van der Waals surface area contributed by atoms with E-state index in [1.807, 2.05) is 68.2 Å². The van der Waals surface area contributed by atoms with Crippen LogP contribution < -0.4 is 5.32 Å². The normalized spacial score (nSPS) is 11.8. The molecule has 44 heavy (non-hydrogen) atoms. The van der Waals surface area contributed by atoms with Gasteiger partial charge in [0.05, 0.1) is 16.0 Å². The number of aromatic amines is 1. The fourth-order valence-corrected chi connectivity index (χ4v) is 5.23. The van der Waals surface area contributed by atoms with E-state index in [-0.39, 0.29) is 0 Å². The number of anilines is 1. The number of hydrogen-bond donors (Lipinski definition) is 2. The Balaban J connectivity index is 1.47. The average molecular weight is 595 g/mol. The second-order valence-electron chi connectivity index (χ2n) is 11.2. The van der Waals surface area contributed by atoms with E-state index in [2.05, 4.69) is 67.8 Å². The first-order chi connectivity index (χ1) is 21.2. The van der Waals surface area contributed by atoms with Gasteiger partial charge in [-0.05, 0) is 72.3 Å². The molecule has 0 fully saturated rings. The third kappa shape index (κ3) is 6.92. The Morgan fingerprint density at radius 1 is 1.07 bits per heavy atom. The van der Waals surface area contributed by atoms with Crippen LogP contribution in [0, 0.1) is 17.0 Å². The van der Waals surface area contributed by atoms with E-state index < -0.39 is 4.92 Å². The van der Waals surface area contributed by atoms with Gasteiger partial charge in [-0.2, -0.15) is 0 Å². The fourth-order valence-electron chi connectivity index (χ4n) is 5.23. The maximum atomic E-state index is 11.5. The lowest BCUT2D eigenvalue weighted by atomic mass is 9.98. The van der Waals surface area contributed by atoms with Crippen molar-refractivity contribution in [3.63, 3.8) is 0 Å². The number of benzene rings is 3. The first kappa shape index (κ1) is 30.4. The molecule has 0 saturated heterocycles. The first-order valence-corrected chi connectivity index (χ1v) is 14.6. The van der Waals surface area contributed by atoms with Crippen LogP contribution in [0.5, 0.6) is 0 Å². The Hall–Kier alpha value is -5.10. The van der Waals surface area contributed by atoms with Gasteiger partial charge in [0.15, 0.2) is 11.6 Å². The monoisotopic (exact) mass is 594 g/mol. The number of nitro groups is 1. The lowest BCUT2D eigenvalue weighted by Crippen LogP contribution is -2.31. The van der Waals surface area contributed by atoms with Gasteiger partial charge in [-0.1, -0.05) is 55.5 Å². The van der Waals surface area contributed by atoms with E-state index in [0.717, 1.165) is 75.9 Å². The molecule has 0 aliphatic rings. The van der Waals surface area contributed by atoms with Crippen LogP contribution in [0.25, 0.3) is 33.5 Å². The Labute approximate surface area is 256 Å². The molecule has 12 heteroatoms. The van der Waals surface area contributed by atoms with Crippen molar-refractivity contribution in [1.29, 1.82) is 0 Å². The van der Waals surface area contributed by atoms with Crippen LogP contribution in [0.3, 0.4) is 0 Å². The lowest BCUT2D eigenvalue weighted by Gasteiger charge is -2.23. The summed E-state index contributed by atoms with van der Waals surface area (Å²) in [6, 6.07) is 20.6. The highest BCUT2D eigenvalue weighted by atomic mass is 16.6. The van der Waals surface area contributed by atoms with Crippen LogP contribution in [-0.2, 0) is 13.0 Å². The number of imidazole rings is 1. The molecule has 0 amide bonds. The molecule has 0 aliphatic heterocycles. The summed E-state index contributed by atoms with van der Waals surface area (Å²) >= 11 is 0. The van der Waals surface area contributed by atoms with Crippen LogP contribution in [0.4, 0.5) is 5.69 Å². The maximum Gasteiger partial charge on any atom is 0.274 e. The number of H-pyrrole nitrogens is 1. The van der Waals surface area contributed by atoms with Crippen molar-refractivity contribution < 1.29 is 4.92 Å². The average Bonchev–Trinajstić information content (AvgIpc) is 3.65. The van der Waals surface area contributed by atoms with Gasteiger partial charge in [0.25, 0.3) is 6.20 Å². The van der Waals surface area contributed by atoms with Crippen molar-refractivity contribution in [2.45, 2.75) is 33.2 Å². The SMILES string of the molecule is CCCc1nc2c(C)cc(NC(=C[N+](=O)[O-])N(C)CCN(C)C)cc2n1Cc1ccc(-c2ccccc2-c2nnn[nH]2)cc1. The molecule has 0 unspecified atom stereocenters. The highest BCUT2D eigenvalue weighted by Crippen LogP contribution is 2.31. The van der Waals surface area contributed by atoms with Crippen molar-refractivity contribution in [2.24, 2.45) is 0 Å². The number of nitrogens with zero attached hydrogens (tertiary/aromatic N) is 8. The molecule has 5 aromatic rings. The molecule has 0 saturated carbocycles. The topological polar surface area (TPSA) is 134 Å². The van der Waals surface area contributed by atoms with Crippen LogP contribution in [-0.4, -0.2) is 79.1 Å². The summed E-state index contributed by atoms with van der Waals surface area (Å²) in [4.78, 5) is 20.0. The maximum absolute atomic E-state index is 11.5. The van der Waals surface area contributed by atoms with Crippen LogP contribution >= 0.6 is 0 Å². The van der Waals surface area contributed by atoms with Crippen molar-refractivity contribution in [3.05, 3.63) is 99.8 Å². The molecule has 0 bridgehead atoms. The smallest absolute Gasteiger partial charge is 0.274 e. The second-order valence-corrected chi connectivity index (χ2v) is 11.2. The summed E-state index contributed by atoms with van der Waals surface area (Å²) in [5.74, 6) is 2.06. The summed E-state index contributed by atoms with van der Waals surface area (Å²) in [6.07, 6.45) is 2.83. The van der Waals surface area contributed by atoms with Gasteiger partial charge in [0, 0.05) is 44.4 Å². The van der Waals surface area contributed by atoms with Gasteiger partial charge in [0.1, 0.15) is 5.82 Å². The third-order valence-corrected chi connectivity index (χ3v) is 7.52. The van der Waals surface area contributed by atoms with Gasteiger partial charge in [-0.3, -0.25) is 10.1 Å².